The third-order valence-electron chi connectivity index (χ3n) is 2.05. The van der Waals surface area contributed by atoms with Crippen molar-refractivity contribution < 1.29 is 14.3 Å². The van der Waals surface area contributed by atoms with Gasteiger partial charge in [0.1, 0.15) is 0 Å². The Balaban J connectivity index is 2.24. The highest BCUT2D eigenvalue weighted by Gasteiger charge is 2.14. The lowest BCUT2D eigenvalue weighted by molar-refractivity contribution is 0.0660. The number of aromatic nitrogens is 2. The SMILES string of the molecule is Cc1ccn(Cc2ccoc2C(=O)O)n1. The number of nitrogens with zero attached hydrogens (tertiary/aromatic N) is 2. The predicted octanol–water partition coefficient (Wildman–Crippen LogP) is 1.53. The van der Waals surface area contributed by atoms with Gasteiger partial charge in [0.05, 0.1) is 18.5 Å². The normalized spacial score (nSPS) is 10.5. The van der Waals surface area contributed by atoms with E-state index in [0.29, 0.717) is 12.1 Å². The van der Waals surface area contributed by atoms with Crippen LogP contribution in [0.1, 0.15) is 21.8 Å². The van der Waals surface area contributed by atoms with Gasteiger partial charge < -0.3 is 9.52 Å². The van der Waals surface area contributed by atoms with Gasteiger partial charge in [0.15, 0.2) is 0 Å². The number of hydrogen-bond acceptors (Lipinski definition) is 3. The summed E-state index contributed by atoms with van der Waals surface area (Å²) in [6.07, 6.45) is 3.17. The van der Waals surface area contributed by atoms with Gasteiger partial charge in [-0.15, -0.1) is 0 Å². The molecule has 0 spiro atoms. The maximum absolute atomic E-state index is 10.8. The van der Waals surface area contributed by atoms with Crippen LogP contribution in [-0.2, 0) is 6.54 Å². The molecule has 2 aromatic heterocycles. The smallest absolute Gasteiger partial charge is 0.372 e. The molecule has 2 rings (SSSR count). The zero-order chi connectivity index (χ0) is 10.8. The van der Waals surface area contributed by atoms with E-state index < -0.39 is 5.97 Å². The van der Waals surface area contributed by atoms with Crippen molar-refractivity contribution in [1.29, 1.82) is 0 Å². The summed E-state index contributed by atoms with van der Waals surface area (Å²) in [5, 5.41) is 13.0. The zero-order valence-corrected chi connectivity index (χ0v) is 8.17. The number of carboxylic acid groups (broad SMARTS) is 1. The fraction of sp³-hybridized carbons (Fsp3) is 0.200. The maximum atomic E-state index is 10.8. The molecule has 0 aliphatic heterocycles. The molecule has 0 radical (unpaired) electrons. The topological polar surface area (TPSA) is 68.3 Å². The lowest BCUT2D eigenvalue weighted by atomic mass is 10.2. The van der Waals surface area contributed by atoms with E-state index in [2.05, 4.69) is 5.10 Å². The van der Waals surface area contributed by atoms with E-state index in [4.69, 9.17) is 9.52 Å². The Labute approximate surface area is 85.9 Å². The molecule has 0 atom stereocenters. The average molecular weight is 206 g/mol. The quantitative estimate of drug-likeness (QED) is 0.826. The molecule has 2 heterocycles. The highest BCUT2D eigenvalue weighted by molar-refractivity contribution is 5.86. The van der Waals surface area contributed by atoms with Crippen LogP contribution in [0, 0.1) is 6.92 Å². The van der Waals surface area contributed by atoms with Crippen molar-refractivity contribution in [2.75, 3.05) is 0 Å². The Hall–Kier alpha value is -2.04. The van der Waals surface area contributed by atoms with Crippen molar-refractivity contribution >= 4 is 5.97 Å². The summed E-state index contributed by atoms with van der Waals surface area (Å²) in [6.45, 7) is 2.29. The first kappa shape index (κ1) is 9.51. The van der Waals surface area contributed by atoms with Gasteiger partial charge in [-0.2, -0.15) is 5.10 Å². The summed E-state index contributed by atoms with van der Waals surface area (Å²) in [7, 11) is 0. The van der Waals surface area contributed by atoms with Gasteiger partial charge in [0, 0.05) is 11.8 Å². The van der Waals surface area contributed by atoms with Crippen LogP contribution in [0.3, 0.4) is 0 Å². The first-order valence-electron chi connectivity index (χ1n) is 4.46. The van der Waals surface area contributed by atoms with Gasteiger partial charge in [0.25, 0.3) is 0 Å². The molecule has 0 saturated carbocycles. The van der Waals surface area contributed by atoms with Crippen LogP contribution in [-0.4, -0.2) is 20.9 Å². The van der Waals surface area contributed by atoms with Crippen LogP contribution in [0.4, 0.5) is 0 Å². The van der Waals surface area contributed by atoms with Gasteiger partial charge in [-0.05, 0) is 19.1 Å². The molecule has 2 aromatic rings. The molecule has 0 fully saturated rings. The second-order valence-corrected chi connectivity index (χ2v) is 3.23. The molecular formula is C10H10N2O3. The molecule has 15 heavy (non-hydrogen) atoms. The van der Waals surface area contributed by atoms with Gasteiger partial charge in [-0.1, -0.05) is 0 Å². The fourth-order valence-electron chi connectivity index (χ4n) is 1.37. The third-order valence-corrected chi connectivity index (χ3v) is 2.05. The monoisotopic (exact) mass is 206 g/mol. The molecule has 0 saturated heterocycles. The average Bonchev–Trinajstić information content (AvgIpc) is 2.75. The molecule has 0 unspecified atom stereocenters. The number of aryl methyl sites for hydroxylation is 1. The van der Waals surface area contributed by atoms with Crippen LogP contribution >= 0.6 is 0 Å². The number of hydrogen-bond donors (Lipinski definition) is 1. The van der Waals surface area contributed by atoms with E-state index in [1.54, 1.807) is 16.9 Å². The summed E-state index contributed by atoms with van der Waals surface area (Å²) < 4.78 is 6.54. The molecule has 5 heteroatoms. The predicted molar refractivity (Wildman–Crippen MR) is 51.7 cm³/mol. The minimum absolute atomic E-state index is 0.0249. The van der Waals surface area contributed by atoms with E-state index >= 15 is 0 Å². The molecule has 5 nitrogen and oxygen atoms in total. The van der Waals surface area contributed by atoms with Crippen molar-refractivity contribution in [3.8, 4) is 0 Å². The summed E-state index contributed by atoms with van der Waals surface area (Å²) in [4.78, 5) is 10.8. The second kappa shape index (κ2) is 3.61. The summed E-state index contributed by atoms with van der Waals surface area (Å²) in [6, 6.07) is 3.50. The Morgan fingerprint density at radius 3 is 3.00 bits per heavy atom. The van der Waals surface area contributed by atoms with E-state index in [1.165, 1.54) is 6.26 Å². The lowest BCUT2D eigenvalue weighted by Gasteiger charge is -1.99. The van der Waals surface area contributed by atoms with Crippen molar-refractivity contribution in [3.63, 3.8) is 0 Å². The Morgan fingerprint density at radius 1 is 1.60 bits per heavy atom. The molecule has 0 amide bonds. The fourth-order valence-corrected chi connectivity index (χ4v) is 1.37. The van der Waals surface area contributed by atoms with Crippen LogP contribution in [0.2, 0.25) is 0 Å². The van der Waals surface area contributed by atoms with E-state index in [-0.39, 0.29) is 5.76 Å². The highest BCUT2D eigenvalue weighted by atomic mass is 16.4. The second-order valence-electron chi connectivity index (χ2n) is 3.23. The van der Waals surface area contributed by atoms with Gasteiger partial charge >= 0.3 is 5.97 Å². The van der Waals surface area contributed by atoms with Crippen molar-refractivity contribution in [1.82, 2.24) is 9.78 Å². The summed E-state index contributed by atoms with van der Waals surface area (Å²) >= 11 is 0. The largest absolute Gasteiger partial charge is 0.475 e. The maximum Gasteiger partial charge on any atom is 0.372 e. The Kier molecular flexibility index (Phi) is 2.29. The van der Waals surface area contributed by atoms with Gasteiger partial charge in [-0.25, -0.2) is 4.79 Å². The van der Waals surface area contributed by atoms with Gasteiger partial charge in [-0.3, -0.25) is 4.68 Å². The number of rotatable bonds is 3. The molecule has 78 valence electrons. The standard InChI is InChI=1S/C10H10N2O3/c1-7-2-4-12(11-7)6-8-3-5-15-9(8)10(13)14/h2-5H,6H2,1H3,(H,13,14). The molecule has 0 aliphatic rings. The van der Waals surface area contributed by atoms with Crippen molar-refractivity contribution in [2.45, 2.75) is 13.5 Å². The summed E-state index contributed by atoms with van der Waals surface area (Å²) in [5.41, 5.74) is 1.51. The Bertz CT molecular complexity index is 484. The first-order chi connectivity index (χ1) is 7.16. The van der Waals surface area contributed by atoms with Crippen LogP contribution in [0.15, 0.2) is 29.0 Å². The molecule has 1 N–H and O–H groups in total. The minimum atomic E-state index is -1.06. The van der Waals surface area contributed by atoms with Crippen LogP contribution < -0.4 is 0 Å². The highest BCUT2D eigenvalue weighted by Crippen LogP contribution is 2.12. The zero-order valence-electron chi connectivity index (χ0n) is 8.17. The van der Waals surface area contributed by atoms with Crippen LogP contribution in [0.5, 0.6) is 0 Å². The van der Waals surface area contributed by atoms with E-state index in [1.807, 2.05) is 13.0 Å². The Morgan fingerprint density at radius 2 is 2.40 bits per heavy atom. The minimum Gasteiger partial charge on any atom is -0.475 e. The van der Waals surface area contributed by atoms with E-state index in [0.717, 1.165) is 5.69 Å². The van der Waals surface area contributed by atoms with Gasteiger partial charge in [0.2, 0.25) is 5.76 Å². The van der Waals surface area contributed by atoms with E-state index in [9.17, 15) is 4.79 Å². The molecule has 0 bridgehead atoms. The number of furan rings is 1. The van der Waals surface area contributed by atoms with Crippen molar-refractivity contribution in [2.24, 2.45) is 0 Å². The lowest BCUT2D eigenvalue weighted by Crippen LogP contribution is -2.05. The summed E-state index contributed by atoms with van der Waals surface area (Å²) in [5.74, 6) is -1.08. The molecule has 0 aromatic carbocycles. The number of carboxylic acids is 1. The molecular weight excluding hydrogens is 196 g/mol. The van der Waals surface area contributed by atoms with Crippen LogP contribution in [0.25, 0.3) is 0 Å². The third kappa shape index (κ3) is 1.90. The first-order valence-corrected chi connectivity index (χ1v) is 4.46. The molecule has 0 aliphatic carbocycles. The van der Waals surface area contributed by atoms with Crippen molar-refractivity contribution in [3.05, 3.63) is 41.6 Å². The number of aromatic carboxylic acids is 1. The number of carbonyl (C=O) groups is 1.